The molecular formula is C50H30N4O6. The molecule has 0 bridgehead atoms. The largest absolute Gasteiger partial charge is 0.508 e. The molecule has 10 nitrogen and oxygen atoms in total. The Morgan fingerprint density at radius 1 is 0.467 bits per heavy atom. The van der Waals surface area contributed by atoms with Crippen molar-refractivity contribution in [2.75, 3.05) is 16.0 Å². The molecule has 2 spiro atoms. The lowest BCUT2D eigenvalue weighted by atomic mass is 9.79. The van der Waals surface area contributed by atoms with E-state index in [1.807, 2.05) is 84.9 Å². The van der Waals surface area contributed by atoms with Gasteiger partial charge in [-0.25, -0.2) is 4.99 Å². The number of aliphatic hydroxyl groups is 1. The summed E-state index contributed by atoms with van der Waals surface area (Å²) >= 11 is 0. The molecule has 0 saturated carbocycles. The fraction of sp³-hybridized carbons (Fsp3) is 0.0400. The molecule has 286 valence electrons. The quantitative estimate of drug-likeness (QED) is 0.0820. The van der Waals surface area contributed by atoms with Gasteiger partial charge in [-0.1, -0.05) is 72.8 Å². The molecule has 0 radical (unpaired) electrons. The zero-order valence-corrected chi connectivity index (χ0v) is 31.3. The van der Waals surface area contributed by atoms with E-state index in [1.165, 1.54) is 0 Å². The molecular weight excluding hydrogens is 753 g/mol. The Morgan fingerprint density at radius 2 is 0.967 bits per heavy atom. The summed E-state index contributed by atoms with van der Waals surface area (Å²) in [5.41, 5.74) is 6.67. The van der Waals surface area contributed by atoms with Crippen LogP contribution in [0.2, 0.25) is 0 Å². The number of phenols is 4. The van der Waals surface area contributed by atoms with Crippen LogP contribution in [0.1, 0.15) is 27.8 Å². The molecule has 0 unspecified atom stereocenters. The number of ketones is 1. The highest BCUT2D eigenvalue weighted by molar-refractivity contribution is 6.52. The third kappa shape index (κ3) is 3.92. The molecule has 0 atom stereocenters. The number of allylic oxidation sites excluding steroid dienone is 2. The Labute approximate surface area is 340 Å². The van der Waals surface area contributed by atoms with Crippen LogP contribution in [-0.2, 0) is 16.1 Å². The SMILES string of the molecule is O=C1C(c2ccc3cccc4c3c2NC2(N4)c3cc(O)ccc3-c3ccc(O)cc32)=C(O)/C1=c1\ccc2cccc3c2c1=NC1(N3)c2cc(O)ccc2-c2ccc(O)cc21. The minimum absolute atomic E-state index is 0.0551. The normalized spacial score (nSPS) is 17.3. The lowest BCUT2D eigenvalue weighted by Crippen LogP contribution is -2.45. The molecule has 13 rings (SSSR count). The molecule has 2 aliphatic heterocycles. The first-order chi connectivity index (χ1) is 29.1. The third-order valence-corrected chi connectivity index (χ3v) is 12.9. The number of carbonyl (C=O) groups is 1. The predicted molar refractivity (Wildman–Crippen MR) is 229 cm³/mol. The van der Waals surface area contributed by atoms with Crippen LogP contribution in [0, 0.1) is 0 Å². The lowest BCUT2D eigenvalue weighted by Gasteiger charge is -2.41. The van der Waals surface area contributed by atoms with E-state index in [4.69, 9.17) is 4.99 Å². The first-order valence-electron chi connectivity index (χ1n) is 19.5. The molecule has 8 N–H and O–H groups in total. The summed E-state index contributed by atoms with van der Waals surface area (Å²) in [4.78, 5) is 20.3. The van der Waals surface area contributed by atoms with Crippen molar-refractivity contribution in [2.24, 2.45) is 4.99 Å². The van der Waals surface area contributed by atoms with Crippen LogP contribution >= 0.6 is 0 Å². The summed E-state index contributed by atoms with van der Waals surface area (Å²) < 4.78 is 0. The number of carbonyl (C=O) groups excluding carboxylic acids is 1. The van der Waals surface area contributed by atoms with Crippen molar-refractivity contribution in [1.29, 1.82) is 0 Å². The van der Waals surface area contributed by atoms with Crippen molar-refractivity contribution in [3.63, 3.8) is 0 Å². The minimum Gasteiger partial charge on any atom is -0.508 e. The van der Waals surface area contributed by atoms with Gasteiger partial charge in [-0.15, -0.1) is 0 Å². The number of aromatic hydroxyl groups is 4. The lowest BCUT2D eigenvalue weighted by molar-refractivity contribution is -0.109. The van der Waals surface area contributed by atoms with Crippen LogP contribution < -0.4 is 26.5 Å². The molecule has 8 aromatic rings. The second kappa shape index (κ2) is 10.8. The van der Waals surface area contributed by atoms with E-state index in [1.54, 1.807) is 48.5 Å². The Morgan fingerprint density at radius 3 is 1.55 bits per heavy atom. The number of nitrogens with one attached hydrogen (secondary N) is 3. The van der Waals surface area contributed by atoms with Crippen LogP contribution in [0.25, 0.3) is 54.9 Å². The molecule has 0 amide bonds. The number of Topliss-reactive ketones (excluding diaryl/α,β-unsaturated/α-hetero) is 1. The van der Waals surface area contributed by atoms with Crippen molar-refractivity contribution in [3.8, 4) is 45.3 Å². The second-order valence-corrected chi connectivity index (χ2v) is 16.1. The maximum Gasteiger partial charge on any atom is 0.201 e. The molecule has 0 saturated heterocycles. The number of rotatable bonds is 1. The van der Waals surface area contributed by atoms with Gasteiger partial charge in [-0.3, -0.25) is 4.79 Å². The highest BCUT2D eigenvalue weighted by atomic mass is 16.3. The van der Waals surface area contributed by atoms with E-state index in [2.05, 4.69) is 16.0 Å². The zero-order valence-electron chi connectivity index (χ0n) is 31.3. The number of nitrogens with zero attached hydrogens (tertiary/aromatic N) is 1. The van der Waals surface area contributed by atoms with E-state index in [0.717, 1.165) is 66.3 Å². The van der Waals surface area contributed by atoms with Gasteiger partial charge < -0.3 is 41.5 Å². The Hall–Kier alpha value is -8.24. The predicted octanol–water partition coefficient (Wildman–Crippen LogP) is 8.16. The van der Waals surface area contributed by atoms with E-state index < -0.39 is 11.3 Å². The summed E-state index contributed by atoms with van der Waals surface area (Å²) in [6, 6.07) is 39.9. The van der Waals surface area contributed by atoms with Gasteiger partial charge in [-0.05, 0) is 93.7 Å². The fourth-order valence-corrected chi connectivity index (χ4v) is 10.4. The zero-order chi connectivity index (χ0) is 40.4. The first-order valence-corrected chi connectivity index (χ1v) is 19.5. The molecule has 0 aromatic heterocycles. The summed E-state index contributed by atoms with van der Waals surface area (Å²) in [7, 11) is 0. The van der Waals surface area contributed by atoms with Gasteiger partial charge in [0.25, 0.3) is 0 Å². The van der Waals surface area contributed by atoms with Gasteiger partial charge in [0.1, 0.15) is 28.8 Å². The molecule has 5 aliphatic rings. The van der Waals surface area contributed by atoms with Gasteiger partial charge >= 0.3 is 0 Å². The minimum atomic E-state index is -1.28. The fourth-order valence-electron chi connectivity index (χ4n) is 10.4. The van der Waals surface area contributed by atoms with Crippen molar-refractivity contribution in [2.45, 2.75) is 11.3 Å². The average molecular weight is 783 g/mol. The summed E-state index contributed by atoms with van der Waals surface area (Å²) in [5.74, 6) is -0.288. The number of hydrogen-bond donors (Lipinski definition) is 8. The number of benzene rings is 8. The highest BCUT2D eigenvalue weighted by Crippen LogP contribution is 2.57. The summed E-state index contributed by atoms with van der Waals surface area (Å²) in [6.07, 6.45) is 0. The third-order valence-electron chi connectivity index (χ3n) is 12.9. The van der Waals surface area contributed by atoms with Crippen LogP contribution in [-0.4, -0.2) is 31.3 Å². The number of fused-ring (bicyclic) bond motifs is 10. The van der Waals surface area contributed by atoms with Gasteiger partial charge in [0, 0.05) is 55.2 Å². The highest BCUT2D eigenvalue weighted by Gasteiger charge is 2.49. The molecule has 3 aliphatic carbocycles. The maximum absolute atomic E-state index is 14.9. The van der Waals surface area contributed by atoms with Crippen LogP contribution in [0.4, 0.5) is 17.1 Å². The van der Waals surface area contributed by atoms with Crippen molar-refractivity contribution < 1.29 is 30.3 Å². The van der Waals surface area contributed by atoms with Crippen molar-refractivity contribution in [3.05, 3.63) is 178 Å². The van der Waals surface area contributed by atoms with Gasteiger partial charge in [-0.2, -0.15) is 0 Å². The van der Waals surface area contributed by atoms with E-state index in [9.17, 15) is 30.3 Å². The first kappa shape index (κ1) is 32.8. The monoisotopic (exact) mass is 782 g/mol. The maximum atomic E-state index is 14.9. The Kier molecular flexibility index (Phi) is 5.92. The number of aliphatic hydroxyl groups excluding tert-OH is 1. The molecule has 0 fully saturated rings. The Bertz CT molecular complexity index is 3470. The standard InChI is InChI=1S/C50H30N4O6/c55-25-9-15-29-30-16-10-26(56)20-36(30)49(35(29)19-25)51-39-5-1-3-23-7-13-33(45(53-49)41(23)39)43-47(59)44(48(43)60)34-14-8-24-4-2-6-40-42(24)46(34)54-50(52-40)37-21-27(57)11-17-31(37)32-18-12-28(58)22-38(32)50/h1-22,51-53,55-59H/b44-34-. The van der Waals surface area contributed by atoms with Crippen LogP contribution in [0.3, 0.4) is 0 Å². The summed E-state index contributed by atoms with van der Waals surface area (Å²) in [5, 5.41) is 70.8. The number of phenolic OH excluding ortho intramolecular Hbond substituents is 4. The second-order valence-electron chi connectivity index (χ2n) is 16.1. The smallest absolute Gasteiger partial charge is 0.201 e. The van der Waals surface area contributed by atoms with E-state index >= 15 is 0 Å². The average Bonchev–Trinajstić information content (AvgIpc) is 3.63. The molecule has 2 heterocycles. The van der Waals surface area contributed by atoms with Crippen LogP contribution in [0.15, 0.2) is 144 Å². The van der Waals surface area contributed by atoms with Gasteiger partial charge in [0.05, 0.1) is 22.2 Å². The molecule has 10 heteroatoms. The van der Waals surface area contributed by atoms with Crippen molar-refractivity contribution in [1.82, 2.24) is 0 Å². The summed E-state index contributed by atoms with van der Waals surface area (Å²) in [6.45, 7) is 0. The topological polar surface area (TPSA) is 167 Å². The number of anilines is 3. The Balaban J connectivity index is 1.06. The van der Waals surface area contributed by atoms with Gasteiger partial charge in [0.15, 0.2) is 11.3 Å². The molecule has 60 heavy (non-hydrogen) atoms. The van der Waals surface area contributed by atoms with Crippen molar-refractivity contribution >= 4 is 55.5 Å². The van der Waals surface area contributed by atoms with E-state index in [0.29, 0.717) is 33.0 Å². The van der Waals surface area contributed by atoms with E-state index in [-0.39, 0.29) is 45.7 Å². The van der Waals surface area contributed by atoms with Gasteiger partial charge in [0.2, 0.25) is 5.78 Å². The molecule has 8 aromatic carbocycles. The number of hydrogen-bond acceptors (Lipinski definition) is 10. The van der Waals surface area contributed by atoms with Crippen LogP contribution in [0.5, 0.6) is 23.0 Å².